The fraction of sp³-hybridized carbons (Fsp3) is 0.136. The lowest BCUT2D eigenvalue weighted by Crippen LogP contribution is -2.41. The van der Waals surface area contributed by atoms with E-state index < -0.39 is 0 Å². The van der Waals surface area contributed by atoms with Gasteiger partial charge in [-0.2, -0.15) is 5.10 Å². The Bertz CT molecular complexity index is 1290. The van der Waals surface area contributed by atoms with Gasteiger partial charge in [-0.1, -0.05) is 35.9 Å². The molecule has 150 valence electrons. The van der Waals surface area contributed by atoms with Gasteiger partial charge in [-0.25, -0.2) is 0 Å². The number of carbonyl (C=O) groups is 2. The van der Waals surface area contributed by atoms with Crippen molar-refractivity contribution in [3.8, 4) is 0 Å². The smallest absolute Gasteiger partial charge is 0.268 e. The lowest BCUT2D eigenvalue weighted by Gasteiger charge is -2.28. The van der Waals surface area contributed by atoms with Gasteiger partial charge in [0.2, 0.25) is 5.91 Å². The zero-order valence-electron chi connectivity index (χ0n) is 16.1. The molecular formula is C22H17ClN4O2S. The zero-order valence-corrected chi connectivity index (χ0v) is 17.6. The summed E-state index contributed by atoms with van der Waals surface area (Å²) < 4.78 is 1.91. The van der Waals surface area contributed by atoms with Gasteiger partial charge in [-0.05, 0) is 42.8 Å². The number of rotatable bonds is 3. The molecule has 6 nitrogen and oxygen atoms in total. The van der Waals surface area contributed by atoms with Gasteiger partial charge in [0.15, 0.2) is 0 Å². The molecule has 1 aliphatic heterocycles. The Hall–Kier alpha value is -3.16. The highest BCUT2D eigenvalue weighted by atomic mass is 35.5. The number of hydrogen-bond donors (Lipinski definition) is 1. The summed E-state index contributed by atoms with van der Waals surface area (Å²) in [5.74, 6) is -0.385. The van der Waals surface area contributed by atoms with E-state index in [0.717, 1.165) is 21.5 Å². The van der Waals surface area contributed by atoms with Gasteiger partial charge >= 0.3 is 0 Å². The average Bonchev–Trinajstić information content (AvgIpc) is 3.30. The van der Waals surface area contributed by atoms with Gasteiger partial charge in [0.1, 0.15) is 11.4 Å². The first kappa shape index (κ1) is 18.8. The molecule has 0 unspecified atom stereocenters. The summed E-state index contributed by atoms with van der Waals surface area (Å²) in [6, 6.07) is 16.8. The second-order valence-corrected chi connectivity index (χ2v) is 8.62. The standard InChI is InChI=1S/C22H17ClN4O2S/c1-13-16-10-19(21(29)26-12-20(28)24-17-4-2-3-5-18(17)26)30-22(16)27(25-13)11-14-6-8-15(23)9-7-14/h2-10H,11-12H2,1H3,(H,24,28). The number of amides is 2. The molecule has 8 heteroatoms. The summed E-state index contributed by atoms with van der Waals surface area (Å²) in [5.41, 5.74) is 3.30. The number of carbonyl (C=O) groups excluding carboxylic acids is 2. The van der Waals surface area contributed by atoms with Gasteiger partial charge < -0.3 is 5.32 Å². The number of halogens is 1. The van der Waals surface area contributed by atoms with Crippen LogP contribution in [0.4, 0.5) is 11.4 Å². The number of aryl methyl sites for hydroxylation is 1. The van der Waals surface area contributed by atoms with Crippen LogP contribution < -0.4 is 10.2 Å². The molecular weight excluding hydrogens is 420 g/mol. The molecule has 2 aromatic carbocycles. The summed E-state index contributed by atoms with van der Waals surface area (Å²) in [5, 5.41) is 9.09. The van der Waals surface area contributed by atoms with E-state index in [1.165, 1.54) is 16.2 Å². The number of benzene rings is 2. The maximum atomic E-state index is 13.3. The first-order valence-corrected chi connectivity index (χ1v) is 10.6. The number of thiophene rings is 1. The van der Waals surface area contributed by atoms with Crippen molar-refractivity contribution in [3.05, 3.63) is 75.8 Å². The van der Waals surface area contributed by atoms with Crippen molar-refractivity contribution >= 4 is 56.3 Å². The summed E-state index contributed by atoms with van der Waals surface area (Å²) in [6.07, 6.45) is 0. The molecule has 0 atom stereocenters. The third kappa shape index (κ3) is 3.26. The van der Waals surface area contributed by atoms with E-state index in [4.69, 9.17) is 11.6 Å². The number of hydrogen-bond acceptors (Lipinski definition) is 4. The normalized spacial score (nSPS) is 13.4. The van der Waals surface area contributed by atoms with Crippen molar-refractivity contribution in [1.29, 1.82) is 0 Å². The van der Waals surface area contributed by atoms with Crippen molar-refractivity contribution < 1.29 is 9.59 Å². The van der Waals surface area contributed by atoms with Crippen molar-refractivity contribution in [2.24, 2.45) is 0 Å². The Morgan fingerprint density at radius 1 is 1.20 bits per heavy atom. The average molecular weight is 437 g/mol. The molecule has 0 saturated heterocycles. The quantitative estimate of drug-likeness (QED) is 0.506. The predicted molar refractivity (Wildman–Crippen MR) is 120 cm³/mol. The topological polar surface area (TPSA) is 67.2 Å². The van der Waals surface area contributed by atoms with Crippen LogP contribution in [0, 0.1) is 6.92 Å². The minimum absolute atomic E-state index is 0.0000260. The first-order chi connectivity index (χ1) is 14.5. The molecule has 1 aliphatic rings. The van der Waals surface area contributed by atoms with Gasteiger partial charge in [-0.3, -0.25) is 19.2 Å². The highest BCUT2D eigenvalue weighted by Crippen LogP contribution is 2.34. The minimum atomic E-state index is -0.201. The number of para-hydroxylation sites is 2. The monoisotopic (exact) mass is 436 g/mol. The fourth-order valence-electron chi connectivity index (χ4n) is 3.64. The lowest BCUT2D eigenvalue weighted by molar-refractivity contribution is -0.115. The molecule has 0 fully saturated rings. The summed E-state index contributed by atoms with van der Waals surface area (Å²) in [7, 11) is 0. The Kier molecular flexibility index (Phi) is 4.56. The van der Waals surface area contributed by atoms with Crippen molar-refractivity contribution in [1.82, 2.24) is 9.78 Å². The van der Waals surface area contributed by atoms with Crippen LogP contribution in [0.1, 0.15) is 20.9 Å². The van der Waals surface area contributed by atoms with Crippen molar-refractivity contribution in [2.45, 2.75) is 13.5 Å². The summed E-state index contributed by atoms with van der Waals surface area (Å²) in [4.78, 5) is 28.5. The van der Waals surface area contributed by atoms with E-state index in [0.29, 0.717) is 27.8 Å². The largest absolute Gasteiger partial charge is 0.323 e. The molecule has 30 heavy (non-hydrogen) atoms. The Morgan fingerprint density at radius 3 is 2.77 bits per heavy atom. The van der Waals surface area contributed by atoms with Gasteiger partial charge in [0.25, 0.3) is 5.91 Å². The number of fused-ring (bicyclic) bond motifs is 2. The third-order valence-corrected chi connectivity index (χ3v) is 6.47. The molecule has 0 radical (unpaired) electrons. The van der Waals surface area contributed by atoms with E-state index in [-0.39, 0.29) is 18.4 Å². The molecule has 2 aromatic heterocycles. The van der Waals surface area contributed by atoms with E-state index in [1.54, 1.807) is 6.07 Å². The van der Waals surface area contributed by atoms with Crippen LogP contribution in [0.25, 0.3) is 10.2 Å². The number of anilines is 2. The SMILES string of the molecule is Cc1nn(Cc2ccc(Cl)cc2)c2sc(C(=O)N3CC(=O)Nc4ccccc43)cc12. The van der Waals surface area contributed by atoms with E-state index in [1.807, 2.05) is 60.1 Å². The summed E-state index contributed by atoms with van der Waals surface area (Å²) in [6.45, 7) is 2.52. The van der Waals surface area contributed by atoms with Gasteiger partial charge in [0.05, 0.1) is 28.5 Å². The van der Waals surface area contributed by atoms with Gasteiger partial charge in [-0.15, -0.1) is 11.3 Å². The highest BCUT2D eigenvalue weighted by molar-refractivity contribution is 7.20. The second-order valence-electron chi connectivity index (χ2n) is 7.16. The third-order valence-electron chi connectivity index (χ3n) is 5.08. The van der Waals surface area contributed by atoms with Crippen LogP contribution in [-0.4, -0.2) is 28.1 Å². The van der Waals surface area contributed by atoms with Crippen LogP contribution in [-0.2, 0) is 11.3 Å². The molecule has 5 rings (SSSR count). The van der Waals surface area contributed by atoms with E-state index in [9.17, 15) is 9.59 Å². The molecule has 3 heterocycles. The fourth-order valence-corrected chi connectivity index (χ4v) is 4.87. The van der Waals surface area contributed by atoms with Crippen LogP contribution in [0.3, 0.4) is 0 Å². The van der Waals surface area contributed by atoms with E-state index >= 15 is 0 Å². The Balaban J connectivity index is 1.50. The highest BCUT2D eigenvalue weighted by Gasteiger charge is 2.29. The molecule has 0 aliphatic carbocycles. The van der Waals surface area contributed by atoms with Crippen LogP contribution in [0.5, 0.6) is 0 Å². The predicted octanol–water partition coefficient (Wildman–Crippen LogP) is 4.71. The molecule has 2 amide bonds. The molecule has 1 N–H and O–H groups in total. The Morgan fingerprint density at radius 2 is 1.97 bits per heavy atom. The van der Waals surface area contributed by atoms with E-state index in [2.05, 4.69) is 10.4 Å². The second kappa shape index (κ2) is 7.27. The zero-order chi connectivity index (χ0) is 20.8. The van der Waals surface area contributed by atoms with Crippen LogP contribution in [0.15, 0.2) is 54.6 Å². The molecule has 0 bridgehead atoms. The van der Waals surface area contributed by atoms with Crippen molar-refractivity contribution in [3.63, 3.8) is 0 Å². The maximum absolute atomic E-state index is 13.3. The van der Waals surface area contributed by atoms with Gasteiger partial charge in [0, 0.05) is 10.4 Å². The Labute approximate surface area is 181 Å². The molecule has 4 aromatic rings. The first-order valence-electron chi connectivity index (χ1n) is 9.42. The number of nitrogens with one attached hydrogen (secondary N) is 1. The number of aromatic nitrogens is 2. The summed E-state index contributed by atoms with van der Waals surface area (Å²) >= 11 is 7.38. The van der Waals surface area contributed by atoms with Crippen LogP contribution in [0.2, 0.25) is 5.02 Å². The minimum Gasteiger partial charge on any atom is -0.323 e. The molecule has 0 saturated carbocycles. The molecule has 0 spiro atoms. The van der Waals surface area contributed by atoms with Crippen molar-refractivity contribution in [2.75, 3.05) is 16.8 Å². The lowest BCUT2D eigenvalue weighted by atomic mass is 10.2. The van der Waals surface area contributed by atoms with Crippen LogP contribution >= 0.6 is 22.9 Å². The maximum Gasteiger partial charge on any atom is 0.268 e. The number of nitrogens with zero attached hydrogens (tertiary/aromatic N) is 3.